The van der Waals surface area contributed by atoms with Crippen molar-refractivity contribution in [3.63, 3.8) is 0 Å². The van der Waals surface area contributed by atoms with Crippen LogP contribution in [0.5, 0.6) is 5.75 Å². The summed E-state index contributed by atoms with van der Waals surface area (Å²) in [6.07, 6.45) is 2.78. The van der Waals surface area contributed by atoms with Gasteiger partial charge in [0, 0.05) is 24.5 Å². The molecule has 0 saturated heterocycles. The third-order valence-corrected chi connectivity index (χ3v) is 5.25. The van der Waals surface area contributed by atoms with Crippen molar-refractivity contribution >= 4 is 39.4 Å². The predicted molar refractivity (Wildman–Crippen MR) is 111 cm³/mol. The molecule has 0 bridgehead atoms. The van der Waals surface area contributed by atoms with Crippen LogP contribution in [-0.4, -0.2) is 41.6 Å². The largest absolute Gasteiger partial charge is 0.495 e. The third kappa shape index (κ3) is 6.06. The first-order valence-corrected chi connectivity index (χ1v) is 9.97. The Balaban J connectivity index is 2.09. The summed E-state index contributed by atoms with van der Waals surface area (Å²) in [4.78, 5) is 23.4. The number of anilines is 2. The first-order chi connectivity index (χ1) is 13.8. The molecule has 0 spiro atoms. The lowest BCUT2D eigenvalue weighted by Crippen LogP contribution is -2.24. The molecule has 4 N–H and O–H groups in total. The highest BCUT2D eigenvalue weighted by molar-refractivity contribution is 7.89. The van der Waals surface area contributed by atoms with Crippen molar-refractivity contribution in [2.45, 2.75) is 4.90 Å². The number of hydrogen-bond donors (Lipinski definition) is 4. The lowest BCUT2D eigenvalue weighted by atomic mass is 10.2. The summed E-state index contributed by atoms with van der Waals surface area (Å²) in [5.74, 6) is -0.197. The summed E-state index contributed by atoms with van der Waals surface area (Å²) in [5.41, 5.74) is 1.63. The van der Waals surface area contributed by atoms with Crippen LogP contribution in [0.15, 0.2) is 53.4 Å². The minimum absolute atomic E-state index is 0.0238. The first-order valence-electron chi connectivity index (χ1n) is 8.48. The Hall–Kier alpha value is -3.37. The maximum atomic E-state index is 12.1. The Labute approximate surface area is 169 Å². The number of urea groups is 1. The standard InChI is InChI=1S/C19H22N4O5S/c1-20-19(25)23-15-8-6-14(7-9-15)22-18(24)11-5-13-4-10-16(28-3)17(12-13)29(26,27)21-2/h4-12,21H,1-3H3,(H,22,24)(H2,20,23,25)/b11-5+. The zero-order chi connectivity index (χ0) is 21.4. The quantitative estimate of drug-likeness (QED) is 0.512. The Bertz CT molecular complexity index is 1020. The summed E-state index contributed by atoms with van der Waals surface area (Å²) in [7, 11) is 0.484. The van der Waals surface area contributed by atoms with Crippen LogP contribution in [0.3, 0.4) is 0 Å². The summed E-state index contributed by atoms with van der Waals surface area (Å²) >= 11 is 0. The van der Waals surface area contributed by atoms with Gasteiger partial charge in [-0.15, -0.1) is 0 Å². The molecule has 2 aromatic rings. The fourth-order valence-electron chi connectivity index (χ4n) is 2.30. The van der Waals surface area contributed by atoms with Gasteiger partial charge in [-0.1, -0.05) is 6.07 Å². The van der Waals surface area contributed by atoms with E-state index in [1.165, 1.54) is 45.5 Å². The fraction of sp³-hybridized carbons (Fsp3) is 0.158. The highest BCUT2D eigenvalue weighted by atomic mass is 32.2. The average Bonchev–Trinajstić information content (AvgIpc) is 2.73. The molecule has 0 heterocycles. The molecule has 10 heteroatoms. The van der Waals surface area contributed by atoms with Gasteiger partial charge < -0.3 is 20.7 Å². The number of amides is 3. The van der Waals surface area contributed by atoms with Crippen molar-refractivity contribution in [3.8, 4) is 5.75 Å². The number of methoxy groups -OCH3 is 1. The van der Waals surface area contributed by atoms with Gasteiger partial charge in [-0.2, -0.15) is 0 Å². The normalized spacial score (nSPS) is 11.1. The number of carbonyl (C=O) groups is 2. The Morgan fingerprint density at radius 2 is 1.59 bits per heavy atom. The molecule has 0 fully saturated rings. The zero-order valence-corrected chi connectivity index (χ0v) is 17.0. The van der Waals surface area contributed by atoms with E-state index in [1.54, 1.807) is 30.3 Å². The van der Waals surface area contributed by atoms with Gasteiger partial charge in [-0.3, -0.25) is 4.79 Å². The third-order valence-electron chi connectivity index (χ3n) is 3.81. The van der Waals surface area contributed by atoms with E-state index in [0.29, 0.717) is 16.9 Å². The maximum absolute atomic E-state index is 12.1. The molecule has 0 aliphatic heterocycles. The molecule has 0 radical (unpaired) electrons. The molecule has 2 aromatic carbocycles. The van der Waals surface area contributed by atoms with Crippen LogP contribution in [0.4, 0.5) is 16.2 Å². The number of benzene rings is 2. The molecular formula is C19H22N4O5S. The number of rotatable bonds is 7. The monoisotopic (exact) mass is 418 g/mol. The highest BCUT2D eigenvalue weighted by Crippen LogP contribution is 2.25. The van der Waals surface area contributed by atoms with Gasteiger partial charge in [-0.05, 0) is 55.1 Å². The molecule has 0 unspecified atom stereocenters. The number of nitrogens with one attached hydrogen (secondary N) is 4. The second-order valence-corrected chi connectivity index (χ2v) is 7.58. The summed E-state index contributed by atoms with van der Waals surface area (Å²) in [6, 6.07) is 10.8. The maximum Gasteiger partial charge on any atom is 0.318 e. The summed E-state index contributed by atoms with van der Waals surface area (Å²) < 4.78 is 31.5. The minimum Gasteiger partial charge on any atom is -0.495 e. The molecule has 154 valence electrons. The van der Waals surface area contributed by atoms with Crippen LogP contribution >= 0.6 is 0 Å². The van der Waals surface area contributed by atoms with Crippen molar-refractivity contribution in [3.05, 3.63) is 54.1 Å². The van der Waals surface area contributed by atoms with E-state index in [1.807, 2.05) is 0 Å². The fourth-order valence-corrected chi connectivity index (χ4v) is 3.23. The minimum atomic E-state index is -3.71. The van der Waals surface area contributed by atoms with Crippen molar-refractivity contribution in [1.29, 1.82) is 0 Å². The van der Waals surface area contributed by atoms with Gasteiger partial charge in [0.15, 0.2) is 0 Å². The van der Waals surface area contributed by atoms with Gasteiger partial charge in [0.1, 0.15) is 10.6 Å². The highest BCUT2D eigenvalue weighted by Gasteiger charge is 2.17. The smallest absolute Gasteiger partial charge is 0.318 e. The second-order valence-electron chi connectivity index (χ2n) is 5.72. The van der Waals surface area contributed by atoms with Gasteiger partial charge in [0.25, 0.3) is 0 Å². The van der Waals surface area contributed by atoms with Crippen LogP contribution in [0.2, 0.25) is 0 Å². The Kier molecular flexibility index (Phi) is 7.34. The van der Waals surface area contributed by atoms with Crippen molar-refractivity contribution < 1.29 is 22.7 Å². The van der Waals surface area contributed by atoms with Gasteiger partial charge in [-0.25, -0.2) is 17.9 Å². The topological polar surface area (TPSA) is 126 Å². The average molecular weight is 418 g/mol. The van der Waals surface area contributed by atoms with Gasteiger partial charge in [0.05, 0.1) is 7.11 Å². The SMILES string of the molecule is CNC(=O)Nc1ccc(NC(=O)/C=C/c2ccc(OC)c(S(=O)(=O)NC)c2)cc1. The summed E-state index contributed by atoms with van der Waals surface area (Å²) in [6.45, 7) is 0. The van der Waals surface area contributed by atoms with E-state index in [9.17, 15) is 18.0 Å². The van der Waals surface area contributed by atoms with E-state index in [0.717, 1.165) is 0 Å². The molecule has 0 aliphatic rings. The van der Waals surface area contributed by atoms with Gasteiger partial charge >= 0.3 is 6.03 Å². The van der Waals surface area contributed by atoms with E-state index < -0.39 is 15.9 Å². The van der Waals surface area contributed by atoms with E-state index in [4.69, 9.17) is 4.74 Å². The Morgan fingerprint density at radius 1 is 0.966 bits per heavy atom. The molecule has 0 aromatic heterocycles. The van der Waals surface area contributed by atoms with Crippen LogP contribution in [-0.2, 0) is 14.8 Å². The van der Waals surface area contributed by atoms with E-state index >= 15 is 0 Å². The van der Waals surface area contributed by atoms with Crippen molar-refractivity contribution in [2.24, 2.45) is 0 Å². The van der Waals surface area contributed by atoms with Crippen LogP contribution in [0, 0.1) is 0 Å². The molecule has 3 amide bonds. The van der Waals surface area contributed by atoms with E-state index in [2.05, 4.69) is 20.7 Å². The number of hydrogen-bond acceptors (Lipinski definition) is 5. The molecule has 0 aliphatic carbocycles. The van der Waals surface area contributed by atoms with Crippen molar-refractivity contribution in [2.75, 3.05) is 31.8 Å². The molecule has 9 nitrogen and oxygen atoms in total. The zero-order valence-electron chi connectivity index (χ0n) is 16.1. The van der Waals surface area contributed by atoms with Crippen LogP contribution in [0.25, 0.3) is 6.08 Å². The van der Waals surface area contributed by atoms with E-state index in [-0.39, 0.29) is 16.7 Å². The number of carbonyl (C=O) groups excluding carboxylic acids is 2. The summed E-state index contributed by atoms with van der Waals surface area (Å²) in [5, 5.41) is 7.72. The molecule has 0 saturated carbocycles. The molecule has 2 rings (SSSR count). The van der Waals surface area contributed by atoms with Crippen molar-refractivity contribution in [1.82, 2.24) is 10.0 Å². The number of sulfonamides is 1. The predicted octanol–water partition coefficient (Wildman–Crippen LogP) is 2.01. The lowest BCUT2D eigenvalue weighted by Gasteiger charge is -2.09. The first kappa shape index (κ1) is 21.9. The molecule has 29 heavy (non-hydrogen) atoms. The van der Waals surface area contributed by atoms with Crippen LogP contribution < -0.4 is 25.4 Å². The molecular weight excluding hydrogens is 396 g/mol. The Morgan fingerprint density at radius 3 is 2.14 bits per heavy atom. The van der Waals surface area contributed by atoms with Crippen LogP contribution in [0.1, 0.15) is 5.56 Å². The van der Waals surface area contributed by atoms with Gasteiger partial charge in [0.2, 0.25) is 15.9 Å². The number of ether oxygens (including phenoxy) is 1. The molecule has 0 atom stereocenters. The lowest BCUT2D eigenvalue weighted by molar-refractivity contribution is -0.111. The second kappa shape index (κ2) is 9.71.